The molecule has 0 aromatic rings. The summed E-state index contributed by atoms with van der Waals surface area (Å²) >= 11 is 0. The molecule has 0 radical (unpaired) electrons. The van der Waals surface area contributed by atoms with Crippen LogP contribution in [0.2, 0.25) is 0 Å². The molecule has 0 rings (SSSR count). The average Bonchev–Trinajstić information content (AvgIpc) is 2.35. The molecule has 17 heavy (non-hydrogen) atoms. The van der Waals surface area contributed by atoms with E-state index in [4.69, 9.17) is 0 Å². The summed E-state index contributed by atoms with van der Waals surface area (Å²) in [5, 5.41) is 0. The van der Waals surface area contributed by atoms with E-state index in [9.17, 15) is 0 Å². The molecule has 0 spiro atoms. The Morgan fingerprint density at radius 1 is 0.941 bits per heavy atom. The van der Waals surface area contributed by atoms with Gasteiger partial charge < -0.3 is 0 Å². The van der Waals surface area contributed by atoms with Gasteiger partial charge in [0.05, 0.1) is 0 Å². The van der Waals surface area contributed by atoms with Gasteiger partial charge in [0.2, 0.25) is 0 Å². The molecule has 0 saturated heterocycles. The van der Waals surface area contributed by atoms with Crippen molar-refractivity contribution in [3.8, 4) is 0 Å². The second kappa shape index (κ2) is 10.9. The largest absolute Gasteiger partial charge is 0.0991 e. The van der Waals surface area contributed by atoms with Gasteiger partial charge in [-0.25, -0.2) is 0 Å². The highest BCUT2D eigenvalue weighted by Gasteiger charge is 1.95. The Labute approximate surface area is 106 Å². The van der Waals surface area contributed by atoms with Crippen molar-refractivity contribution < 1.29 is 0 Å². The molecule has 0 atom stereocenters. The highest BCUT2D eigenvalue weighted by atomic mass is 14.0. The van der Waals surface area contributed by atoms with Crippen LogP contribution in [0.15, 0.2) is 72.4 Å². The van der Waals surface area contributed by atoms with Gasteiger partial charge in [-0.2, -0.15) is 0 Å². The van der Waals surface area contributed by atoms with Crippen molar-refractivity contribution in [2.24, 2.45) is 0 Å². The molecule has 0 nitrogen and oxygen atoms in total. The van der Waals surface area contributed by atoms with Gasteiger partial charge >= 0.3 is 0 Å². The molecule has 0 aliphatic rings. The monoisotopic (exact) mass is 228 g/mol. The molecule has 0 unspecified atom stereocenters. The first kappa shape index (κ1) is 15.4. The van der Waals surface area contributed by atoms with Gasteiger partial charge in [0.25, 0.3) is 0 Å². The Balaban J connectivity index is 4.87. The maximum absolute atomic E-state index is 3.70. The molecule has 0 N–H and O–H groups in total. The molecule has 0 fully saturated rings. The van der Waals surface area contributed by atoms with E-state index in [0.717, 1.165) is 12.8 Å². The van der Waals surface area contributed by atoms with E-state index in [0.29, 0.717) is 0 Å². The molecule has 0 aromatic heterocycles. The summed E-state index contributed by atoms with van der Waals surface area (Å²) < 4.78 is 0. The minimum Gasteiger partial charge on any atom is -0.0991 e. The van der Waals surface area contributed by atoms with Gasteiger partial charge in [-0.1, -0.05) is 75.1 Å². The normalized spacial score (nSPS) is 14.3. The van der Waals surface area contributed by atoms with Crippen LogP contribution in [-0.4, -0.2) is 0 Å². The fourth-order valence-electron chi connectivity index (χ4n) is 1.41. The van der Waals surface area contributed by atoms with E-state index < -0.39 is 0 Å². The van der Waals surface area contributed by atoms with Gasteiger partial charge in [0, 0.05) is 0 Å². The summed E-state index contributed by atoms with van der Waals surface area (Å²) in [6.07, 6.45) is 20.8. The molecule has 0 aliphatic heterocycles. The Bertz CT molecular complexity index is 346. The third-order valence-electron chi connectivity index (χ3n) is 2.24. The van der Waals surface area contributed by atoms with E-state index in [1.165, 1.54) is 11.1 Å². The zero-order chi connectivity index (χ0) is 12.9. The smallest absolute Gasteiger partial charge is 0.0227 e. The Hall–Kier alpha value is -1.56. The summed E-state index contributed by atoms with van der Waals surface area (Å²) in [7, 11) is 0. The Kier molecular flexibility index (Phi) is 9.94. The van der Waals surface area contributed by atoms with Crippen LogP contribution < -0.4 is 0 Å². The molecule has 92 valence electrons. The first-order valence-electron chi connectivity index (χ1n) is 6.29. The van der Waals surface area contributed by atoms with Crippen LogP contribution in [-0.2, 0) is 0 Å². The van der Waals surface area contributed by atoms with Crippen LogP contribution in [0.1, 0.15) is 33.6 Å². The predicted molar refractivity (Wildman–Crippen MR) is 80.0 cm³/mol. The lowest BCUT2D eigenvalue weighted by molar-refractivity contribution is 1.20. The maximum atomic E-state index is 3.70. The molecular formula is C17H24. The lowest BCUT2D eigenvalue weighted by atomic mass is 10.0. The van der Waals surface area contributed by atoms with Gasteiger partial charge in [-0.05, 0) is 30.9 Å². The fraction of sp³-hybridized carbons (Fsp3) is 0.294. The van der Waals surface area contributed by atoms with Crippen molar-refractivity contribution in [3.05, 3.63) is 72.4 Å². The minimum atomic E-state index is 1.03. The summed E-state index contributed by atoms with van der Waals surface area (Å²) in [6, 6.07) is 0. The van der Waals surface area contributed by atoms with Crippen LogP contribution in [0.25, 0.3) is 0 Å². The third-order valence-corrected chi connectivity index (χ3v) is 2.24. The molecule has 0 heterocycles. The van der Waals surface area contributed by atoms with Gasteiger partial charge in [0.1, 0.15) is 0 Å². The summed E-state index contributed by atoms with van der Waals surface area (Å²) in [5.74, 6) is 0. The first-order chi connectivity index (χ1) is 8.29. The van der Waals surface area contributed by atoms with Crippen LogP contribution in [0.3, 0.4) is 0 Å². The van der Waals surface area contributed by atoms with Gasteiger partial charge in [-0.3, -0.25) is 0 Å². The maximum Gasteiger partial charge on any atom is -0.0227 e. The molecule has 0 saturated carbocycles. The number of allylic oxidation sites excluding steroid dienone is 11. The second-order valence-electron chi connectivity index (χ2n) is 3.60. The standard InChI is InChI=1S/C17H24/c1-5-9-11-12-15-16(8-4)17(13-7-3)14-10-6-2/h6,8-15H,2,5,7H2,1,3-4H3/b11-9-,14-10-,15-12-,16-8+,17-13+. The Morgan fingerprint density at radius 2 is 1.65 bits per heavy atom. The summed E-state index contributed by atoms with van der Waals surface area (Å²) in [6.45, 7) is 10.0. The van der Waals surface area contributed by atoms with Crippen LogP contribution >= 0.6 is 0 Å². The molecule has 0 aromatic carbocycles. The van der Waals surface area contributed by atoms with E-state index in [-0.39, 0.29) is 0 Å². The highest BCUT2D eigenvalue weighted by molar-refractivity contribution is 5.47. The van der Waals surface area contributed by atoms with Crippen LogP contribution in [0.4, 0.5) is 0 Å². The van der Waals surface area contributed by atoms with E-state index >= 15 is 0 Å². The van der Waals surface area contributed by atoms with Crippen molar-refractivity contribution in [2.45, 2.75) is 33.6 Å². The van der Waals surface area contributed by atoms with Gasteiger partial charge in [0.15, 0.2) is 0 Å². The zero-order valence-electron chi connectivity index (χ0n) is 11.3. The van der Waals surface area contributed by atoms with Crippen molar-refractivity contribution in [1.82, 2.24) is 0 Å². The van der Waals surface area contributed by atoms with Crippen molar-refractivity contribution in [1.29, 1.82) is 0 Å². The lowest BCUT2D eigenvalue weighted by Gasteiger charge is -2.02. The molecule has 0 bridgehead atoms. The Morgan fingerprint density at radius 3 is 2.18 bits per heavy atom. The highest BCUT2D eigenvalue weighted by Crippen LogP contribution is 2.14. The van der Waals surface area contributed by atoms with Crippen LogP contribution in [0, 0.1) is 0 Å². The number of hydrogen-bond acceptors (Lipinski definition) is 0. The quantitative estimate of drug-likeness (QED) is 0.502. The molecular weight excluding hydrogens is 204 g/mol. The van der Waals surface area contributed by atoms with Crippen molar-refractivity contribution >= 4 is 0 Å². The summed E-state index contributed by atoms with van der Waals surface area (Å²) in [5.41, 5.74) is 2.49. The van der Waals surface area contributed by atoms with Crippen molar-refractivity contribution in [3.63, 3.8) is 0 Å². The first-order valence-corrected chi connectivity index (χ1v) is 6.29. The zero-order valence-corrected chi connectivity index (χ0v) is 11.3. The van der Waals surface area contributed by atoms with Crippen LogP contribution in [0.5, 0.6) is 0 Å². The summed E-state index contributed by atoms with van der Waals surface area (Å²) in [4.78, 5) is 0. The second-order valence-corrected chi connectivity index (χ2v) is 3.60. The van der Waals surface area contributed by atoms with E-state index in [1.807, 2.05) is 6.08 Å². The van der Waals surface area contributed by atoms with Gasteiger partial charge in [-0.15, -0.1) is 0 Å². The lowest BCUT2D eigenvalue weighted by Crippen LogP contribution is -1.82. The van der Waals surface area contributed by atoms with E-state index in [1.54, 1.807) is 6.08 Å². The minimum absolute atomic E-state index is 1.03. The van der Waals surface area contributed by atoms with E-state index in [2.05, 4.69) is 69.9 Å². The molecule has 0 amide bonds. The average molecular weight is 228 g/mol. The number of hydrogen-bond donors (Lipinski definition) is 0. The van der Waals surface area contributed by atoms with Crippen molar-refractivity contribution in [2.75, 3.05) is 0 Å². The third kappa shape index (κ3) is 7.35. The fourth-order valence-corrected chi connectivity index (χ4v) is 1.41. The SMILES string of the molecule is C=C\C=C/C(=C\CC)C(/C=C\C=C/CC)=C/C. The number of rotatable bonds is 7. The predicted octanol–water partition coefficient (Wildman–Crippen LogP) is 5.53. The molecule has 0 heteroatoms. The molecule has 0 aliphatic carbocycles. The topological polar surface area (TPSA) is 0 Å².